The Morgan fingerprint density at radius 1 is 1.09 bits per heavy atom. The fourth-order valence-electron chi connectivity index (χ4n) is 3.25. The Morgan fingerprint density at radius 2 is 1.79 bits per heavy atom. The second-order valence-electron chi connectivity index (χ2n) is 7.70. The maximum absolute atomic E-state index is 13.4. The molecule has 1 aromatic heterocycles. The van der Waals surface area contributed by atoms with Gasteiger partial charge in [-0.1, -0.05) is 17.3 Å². The molecule has 34 heavy (non-hydrogen) atoms. The van der Waals surface area contributed by atoms with Crippen LogP contribution in [0, 0.1) is 0 Å². The highest BCUT2D eigenvalue weighted by Crippen LogP contribution is 2.40. The van der Waals surface area contributed by atoms with Gasteiger partial charge < -0.3 is 24.6 Å². The minimum absolute atomic E-state index is 0.0141. The number of ether oxygens (including phenoxy) is 2. The zero-order valence-electron chi connectivity index (χ0n) is 17.9. The molecule has 0 aliphatic heterocycles. The average molecular weight is 475 g/mol. The van der Waals surface area contributed by atoms with Gasteiger partial charge in [0.1, 0.15) is 28.4 Å². The molecule has 2 aromatic carbocycles. The topological polar surface area (TPSA) is 103 Å². The van der Waals surface area contributed by atoms with Gasteiger partial charge in [-0.15, -0.1) is 0 Å². The van der Waals surface area contributed by atoms with Crippen LogP contribution in [0.25, 0.3) is 0 Å². The van der Waals surface area contributed by atoms with E-state index in [1.165, 1.54) is 43.6 Å². The van der Waals surface area contributed by atoms with Gasteiger partial charge in [-0.25, -0.2) is 0 Å². The zero-order valence-corrected chi connectivity index (χ0v) is 17.9. The van der Waals surface area contributed by atoms with Crippen LogP contribution in [-0.2, 0) is 17.5 Å². The molecule has 0 radical (unpaired) electrons. The van der Waals surface area contributed by atoms with Gasteiger partial charge >= 0.3 is 6.18 Å². The Morgan fingerprint density at radius 3 is 2.38 bits per heavy atom. The summed E-state index contributed by atoms with van der Waals surface area (Å²) in [6.45, 7) is 0.162. The second-order valence-corrected chi connectivity index (χ2v) is 7.70. The maximum atomic E-state index is 13.4. The molecule has 0 atom stereocenters. The van der Waals surface area contributed by atoms with E-state index in [1.807, 2.05) is 0 Å². The number of carbonyl (C=O) groups is 2. The van der Waals surface area contributed by atoms with Gasteiger partial charge in [-0.05, 0) is 48.7 Å². The summed E-state index contributed by atoms with van der Waals surface area (Å²) in [5.41, 5.74) is -1.25. The number of benzene rings is 2. The van der Waals surface area contributed by atoms with E-state index in [4.69, 9.17) is 14.0 Å². The fourth-order valence-corrected chi connectivity index (χ4v) is 3.25. The largest absolute Gasteiger partial charge is 0.497 e. The molecule has 1 heterocycles. The molecule has 2 N–H and O–H groups in total. The molecular weight excluding hydrogens is 455 g/mol. The van der Waals surface area contributed by atoms with Crippen molar-refractivity contribution in [3.8, 4) is 17.2 Å². The summed E-state index contributed by atoms with van der Waals surface area (Å²) in [7, 11) is 1.28. The molecule has 3 aromatic rings. The number of halogens is 3. The fraction of sp³-hybridized carbons (Fsp3) is 0.261. The Labute approximate surface area is 192 Å². The minimum atomic E-state index is -4.62. The predicted octanol–water partition coefficient (Wildman–Crippen LogP) is 4.07. The standard InChI is InChI=1S/C23H20F3N3O5/c1-32-16-6-7-18(17(12-16)23(24,25)26)33-15-4-2-14(3-5-15)13-27-21(31)22(9-10-22)29-20(30)19-8-11-28-34-19/h2-8,11-12H,9-10,13H2,1H3,(H,27,31)(H,29,30). The number of methoxy groups -OCH3 is 1. The van der Waals surface area contributed by atoms with Crippen molar-refractivity contribution in [2.45, 2.75) is 31.1 Å². The van der Waals surface area contributed by atoms with Crippen LogP contribution in [0.5, 0.6) is 17.2 Å². The van der Waals surface area contributed by atoms with Crippen LogP contribution in [0.4, 0.5) is 13.2 Å². The zero-order chi connectivity index (χ0) is 24.3. The highest BCUT2D eigenvalue weighted by molar-refractivity contribution is 5.99. The number of hydrogen-bond acceptors (Lipinski definition) is 6. The number of amides is 2. The lowest BCUT2D eigenvalue weighted by atomic mass is 10.1. The van der Waals surface area contributed by atoms with E-state index in [2.05, 4.69) is 15.8 Å². The van der Waals surface area contributed by atoms with Crippen LogP contribution < -0.4 is 20.1 Å². The number of aromatic nitrogens is 1. The smallest absolute Gasteiger partial charge is 0.420 e. The molecular formula is C23H20F3N3O5. The maximum Gasteiger partial charge on any atom is 0.420 e. The Hall–Kier alpha value is -4.02. The quantitative estimate of drug-likeness (QED) is 0.509. The van der Waals surface area contributed by atoms with Crippen LogP contribution >= 0.6 is 0 Å². The number of rotatable bonds is 8. The molecule has 0 unspecified atom stereocenters. The number of nitrogens with one attached hydrogen (secondary N) is 2. The highest BCUT2D eigenvalue weighted by Gasteiger charge is 2.51. The minimum Gasteiger partial charge on any atom is -0.497 e. The van der Waals surface area contributed by atoms with E-state index in [9.17, 15) is 22.8 Å². The van der Waals surface area contributed by atoms with Crippen LogP contribution in [0.3, 0.4) is 0 Å². The summed E-state index contributed by atoms with van der Waals surface area (Å²) < 4.78 is 55.2. The first-order valence-corrected chi connectivity index (χ1v) is 10.2. The van der Waals surface area contributed by atoms with Crippen molar-refractivity contribution in [1.82, 2.24) is 15.8 Å². The third-order valence-electron chi connectivity index (χ3n) is 5.30. The third-order valence-corrected chi connectivity index (χ3v) is 5.30. The van der Waals surface area contributed by atoms with Crippen molar-refractivity contribution in [3.05, 3.63) is 71.6 Å². The monoisotopic (exact) mass is 475 g/mol. The summed E-state index contributed by atoms with van der Waals surface area (Å²) in [6.07, 6.45) is -2.29. The Kier molecular flexibility index (Phi) is 6.18. The van der Waals surface area contributed by atoms with Gasteiger partial charge in [-0.3, -0.25) is 9.59 Å². The molecule has 1 aliphatic rings. The van der Waals surface area contributed by atoms with E-state index in [0.29, 0.717) is 18.4 Å². The van der Waals surface area contributed by atoms with E-state index in [-0.39, 0.29) is 35.5 Å². The molecule has 0 saturated heterocycles. The molecule has 4 rings (SSSR count). The third kappa shape index (κ3) is 5.13. The predicted molar refractivity (Wildman–Crippen MR) is 112 cm³/mol. The Balaban J connectivity index is 1.36. The Bertz CT molecular complexity index is 1170. The number of alkyl halides is 3. The van der Waals surface area contributed by atoms with Crippen LogP contribution in [0.1, 0.15) is 34.5 Å². The van der Waals surface area contributed by atoms with Gasteiger partial charge in [0.15, 0.2) is 0 Å². The summed E-state index contributed by atoms with van der Waals surface area (Å²) in [5.74, 6) is -0.940. The average Bonchev–Trinajstić information content (AvgIpc) is 3.38. The molecule has 1 saturated carbocycles. The summed E-state index contributed by atoms with van der Waals surface area (Å²) >= 11 is 0. The van der Waals surface area contributed by atoms with Crippen molar-refractivity contribution in [2.24, 2.45) is 0 Å². The first-order chi connectivity index (χ1) is 16.2. The van der Waals surface area contributed by atoms with Gasteiger partial charge in [0.05, 0.1) is 13.3 Å². The van der Waals surface area contributed by atoms with Crippen molar-refractivity contribution in [2.75, 3.05) is 7.11 Å². The molecule has 1 fully saturated rings. The van der Waals surface area contributed by atoms with Gasteiger partial charge in [0, 0.05) is 12.6 Å². The number of hydrogen-bond donors (Lipinski definition) is 2. The van der Waals surface area contributed by atoms with E-state index < -0.39 is 23.2 Å². The molecule has 178 valence electrons. The summed E-state index contributed by atoms with van der Waals surface area (Å²) in [4.78, 5) is 24.7. The first-order valence-electron chi connectivity index (χ1n) is 10.2. The normalized spacial score (nSPS) is 14.2. The van der Waals surface area contributed by atoms with Crippen LogP contribution in [-0.4, -0.2) is 29.6 Å². The van der Waals surface area contributed by atoms with Gasteiger partial charge in [0.2, 0.25) is 11.7 Å². The molecule has 1 aliphatic carbocycles. The highest BCUT2D eigenvalue weighted by atomic mass is 19.4. The van der Waals surface area contributed by atoms with Crippen molar-refractivity contribution >= 4 is 11.8 Å². The van der Waals surface area contributed by atoms with Gasteiger partial charge in [0.25, 0.3) is 5.91 Å². The summed E-state index contributed by atoms with van der Waals surface area (Å²) in [5, 5.41) is 8.89. The second kappa shape index (κ2) is 9.08. The first kappa shape index (κ1) is 23.1. The SMILES string of the molecule is COc1ccc(Oc2ccc(CNC(=O)C3(NC(=O)c4ccno4)CC3)cc2)c(C(F)(F)F)c1. The lowest BCUT2D eigenvalue weighted by Crippen LogP contribution is -2.48. The molecule has 2 amide bonds. The molecule has 0 bridgehead atoms. The molecule has 11 heteroatoms. The van der Waals surface area contributed by atoms with E-state index in [0.717, 1.165) is 6.07 Å². The number of carbonyl (C=O) groups excluding carboxylic acids is 2. The lowest BCUT2D eigenvalue weighted by molar-refractivity contribution is -0.138. The van der Waals surface area contributed by atoms with Crippen molar-refractivity contribution in [3.63, 3.8) is 0 Å². The van der Waals surface area contributed by atoms with E-state index >= 15 is 0 Å². The van der Waals surface area contributed by atoms with Crippen LogP contribution in [0.2, 0.25) is 0 Å². The lowest BCUT2D eigenvalue weighted by Gasteiger charge is -2.17. The van der Waals surface area contributed by atoms with Crippen molar-refractivity contribution in [1.29, 1.82) is 0 Å². The summed E-state index contributed by atoms with van der Waals surface area (Å²) in [6, 6.07) is 11.1. The van der Waals surface area contributed by atoms with Crippen molar-refractivity contribution < 1.29 is 36.8 Å². The van der Waals surface area contributed by atoms with Crippen LogP contribution in [0.15, 0.2) is 59.3 Å². The van der Waals surface area contributed by atoms with Gasteiger partial charge in [-0.2, -0.15) is 13.2 Å². The number of nitrogens with zero attached hydrogens (tertiary/aromatic N) is 1. The van der Waals surface area contributed by atoms with E-state index in [1.54, 1.807) is 12.1 Å². The molecule has 8 nitrogen and oxygen atoms in total. The molecule has 0 spiro atoms.